The summed E-state index contributed by atoms with van der Waals surface area (Å²) in [5.74, 6) is -1.31. The molecule has 1 rings (SSSR count). The van der Waals surface area contributed by atoms with Crippen molar-refractivity contribution in [1.29, 1.82) is 0 Å². The first-order valence-corrected chi connectivity index (χ1v) is 6.31. The molecule has 0 bridgehead atoms. The molecule has 102 valence electrons. The second kappa shape index (κ2) is 5.58. The molecule has 1 aromatic rings. The van der Waals surface area contributed by atoms with Gasteiger partial charge in [-0.25, -0.2) is 9.78 Å². The largest absolute Gasteiger partial charge is 0.457 e. The zero-order chi connectivity index (χ0) is 14.1. The van der Waals surface area contributed by atoms with Crippen molar-refractivity contribution in [3.63, 3.8) is 0 Å². The highest BCUT2D eigenvalue weighted by molar-refractivity contribution is 7.17. The van der Waals surface area contributed by atoms with Crippen LogP contribution < -0.4 is 0 Å². The van der Waals surface area contributed by atoms with E-state index in [-0.39, 0.29) is 0 Å². The van der Waals surface area contributed by atoms with Gasteiger partial charge >= 0.3 is 12.1 Å². The highest BCUT2D eigenvalue weighted by Gasteiger charge is 2.40. The lowest BCUT2D eigenvalue weighted by Gasteiger charge is -2.11. The third-order valence-electron chi connectivity index (χ3n) is 1.42. The van der Waals surface area contributed by atoms with Gasteiger partial charge in [-0.1, -0.05) is 57.7 Å². The zero-order valence-electron chi connectivity index (χ0n) is 8.02. The van der Waals surface area contributed by atoms with Gasteiger partial charge in [0.1, 0.15) is 11.5 Å². The van der Waals surface area contributed by atoms with Crippen LogP contribution >= 0.6 is 57.7 Å². The van der Waals surface area contributed by atoms with Crippen LogP contribution in [0.15, 0.2) is 0 Å². The van der Waals surface area contributed by atoms with E-state index in [0.717, 1.165) is 0 Å². The molecule has 0 N–H and O–H groups in total. The van der Waals surface area contributed by atoms with E-state index in [0.29, 0.717) is 11.3 Å². The predicted octanol–water partition coefficient (Wildman–Crippen LogP) is 4.34. The summed E-state index contributed by atoms with van der Waals surface area (Å²) in [6.07, 6.45) is -4.82. The highest BCUT2D eigenvalue weighted by Crippen LogP contribution is 2.36. The van der Waals surface area contributed by atoms with Crippen LogP contribution in [0, 0.1) is 0 Å². The number of hydrogen-bond donors (Lipinski definition) is 0. The van der Waals surface area contributed by atoms with Crippen LogP contribution in [0.3, 0.4) is 0 Å². The van der Waals surface area contributed by atoms with Crippen LogP contribution in [0.5, 0.6) is 0 Å². The monoisotopic (exact) mass is 361 g/mol. The molecule has 0 atom stereocenters. The number of halogens is 7. The van der Waals surface area contributed by atoms with Gasteiger partial charge in [-0.05, 0) is 0 Å². The van der Waals surface area contributed by atoms with Crippen molar-refractivity contribution in [2.75, 3.05) is 6.61 Å². The fourth-order valence-electron chi connectivity index (χ4n) is 0.837. The Bertz CT molecular complexity index is 457. The summed E-state index contributed by atoms with van der Waals surface area (Å²) in [6, 6.07) is 0. The Hall–Kier alpha value is 0.0500. The van der Waals surface area contributed by atoms with Crippen molar-refractivity contribution in [3.8, 4) is 0 Å². The van der Waals surface area contributed by atoms with E-state index < -0.39 is 37.6 Å². The number of carbonyl (C=O) groups is 1. The SMILES string of the molecule is O=C(OCC(Cl)(Cl)Cl)c1sc(Cl)nc1C(F)(F)F. The number of esters is 1. The maximum absolute atomic E-state index is 12.5. The number of ether oxygens (including phenoxy) is 1. The Morgan fingerprint density at radius 3 is 2.33 bits per heavy atom. The minimum Gasteiger partial charge on any atom is -0.457 e. The quantitative estimate of drug-likeness (QED) is 0.580. The Labute approximate surface area is 123 Å². The minimum atomic E-state index is -4.82. The summed E-state index contributed by atoms with van der Waals surface area (Å²) in [5.41, 5.74) is -1.42. The van der Waals surface area contributed by atoms with E-state index >= 15 is 0 Å². The summed E-state index contributed by atoms with van der Waals surface area (Å²) in [6.45, 7) is -0.691. The average Bonchev–Trinajstić information content (AvgIpc) is 2.55. The topological polar surface area (TPSA) is 39.2 Å². The number of thiazole rings is 1. The van der Waals surface area contributed by atoms with Crippen LogP contribution in [0.4, 0.5) is 13.2 Å². The lowest BCUT2D eigenvalue weighted by atomic mass is 10.3. The Morgan fingerprint density at radius 1 is 1.33 bits per heavy atom. The second-order valence-corrected chi connectivity index (χ2v) is 6.93. The first kappa shape index (κ1) is 16.1. The van der Waals surface area contributed by atoms with E-state index in [1.807, 2.05) is 0 Å². The Balaban J connectivity index is 2.93. The van der Waals surface area contributed by atoms with E-state index in [4.69, 9.17) is 46.4 Å². The molecule has 0 aromatic carbocycles. The van der Waals surface area contributed by atoms with Gasteiger partial charge in [0, 0.05) is 0 Å². The molecule has 0 spiro atoms. The third-order valence-corrected chi connectivity index (χ3v) is 2.89. The van der Waals surface area contributed by atoms with E-state index in [1.54, 1.807) is 0 Å². The van der Waals surface area contributed by atoms with Gasteiger partial charge in [-0.15, -0.1) is 0 Å². The van der Waals surface area contributed by atoms with Gasteiger partial charge in [0.15, 0.2) is 10.2 Å². The highest BCUT2D eigenvalue weighted by atomic mass is 35.6. The minimum absolute atomic E-state index is 0.330. The molecule has 3 nitrogen and oxygen atoms in total. The van der Waals surface area contributed by atoms with Crippen molar-refractivity contribution in [3.05, 3.63) is 15.0 Å². The fourth-order valence-corrected chi connectivity index (χ4v) is 2.02. The van der Waals surface area contributed by atoms with Gasteiger partial charge in [0.25, 0.3) is 0 Å². The zero-order valence-corrected chi connectivity index (χ0v) is 11.9. The van der Waals surface area contributed by atoms with Crippen LogP contribution in [-0.4, -0.2) is 21.4 Å². The fraction of sp³-hybridized carbons (Fsp3) is 0.429. The number of aromatic nitrogens is 1. The van der Waals surface area contributed by atoms with Crippen molar-refractivity contribution >= 4 is 63.7 Å². The molecule has 0 aliphatic carbocycles. The predicted molar refractivity (Wildman–Crippen MR) is 62.7 cm³/mol. The third kappa shape index (κ3) is 4.62. The molecule has 0 amide bonds. The summed E-state index contributed by atoms with van der Waals surface area (Å²) in [7, 11) is 0. The molecule has 0 fully saturated rings. The molecule has 0 saturated heterocycles. The van der Waals surface area contributed by atoms with E-state index in [2.05, 4.69) is 9.72 Å². The number of nitrogens with zero attached hydrogens (tertiary/aromatic N) is 1. The van der Waals surface area contributed by atoms with Crippen LogP contribution in [0.25, 0.3) is 0 Å². The Kier molecular flexibility index (Phi) is 4.99. The molecule has 0 radical (unpaired) electrons. The first-order valence-electron chi connectivity index (χ1n) is 3.98. The van der Waals surface area contributed by atoms with Gasteiger partial charge in [-0.3, -0.25) is 0 Å². The number of hydrogen-bond acceptors (Lipinski definition) is 4. The van der Waals surface area contributed by atoms with Crippen molar-refractivity contribution < 1.29 is 22.7 Å². The summed E-state index contributed by atoms with van der Waals surface area (Å²) in [4.78, 5) is 13.6. The van der Waals surface area contributed by atoms with Gasteiger partial charge in [0.05, 0.1) is 0 Å². The van der Waals surface area contributed by atoms with Gasteiger partial charge in [0.2, 0.25) is 3.79 Å². The van der Waals surface area contributed by atoms with Crippen molar-refractivity contribution in [2.45, 2.75) is 9.97 Å². The lowest BCUT2D eigenvalue weighted by molar-refractivity contribution is -0.141. The molecule has 1 heterocycles. The number of carbonyl (C=O) groups excluding carboxylic acids is 1. The number of alkyl halides is 6. The maximum Gasteiger partial charge on any atom is 0.435 e. The second-order valence-electron chi connectivity index (χ2n) is 2.83. The average molecular weight is 363 g/mol. The van der Waals surface area contributed by atoms with Crippen molar-refractivity contribution in [2.24, 2.45) is 0 Å². The molecule has 0 aliphatic rings. The normalized spacial score (nSPS) is 12.6. The summed E-state index contributed by atoms with van der Waals surface area (Å²) >= 11 is 21.5. The van der Waals surface area contributed by atoms with Gasteiger partial charge in [-0.2, -0.15) is 13.2 Å². The number of rotatable bonds is 2. The molecule has 1 aromatic heterocycles. The van der Waals surface area contributed by atoms with Crippen LogP contribution in [0.2, 0.25) is 4.47 Å². The first-order chi connectivity index (χ1) is 8.00. The standard InChI is InChI=1S/C7H2Cl4F3NO2S/c8-5-15-3(7(12,13)14)2(18-5)4(16)17-1-6(9,10)11/h1H2. The van der Waals surface area contributed by atoms with Crippen LogP contribution in [-0.2, 0) is 10.9 Å². The summed E-state index contributed by atoms with van der Waals surface area (Å²) in [5, 5.41) is 0. The maximum atomic E-state index is 12.5. The molecular weight excluding hydrogens is 361 g/mol. The molecule has 0 aliphatic heterocycles. The molecule has 11 heteroatoms. The van der Waals surface area contributed by atoms with E-state index in [1.165, 1.54) is 0 Å². The Morgan fingerprint density at radius 2 is 1.89 bits per heavy atom. The van der Waals surface area contributed by atoms with E-state index in [9.17, 15) is 18.0 Å². The van der Waals surface area contributed by atoms with Gasteiger partial charge < -0.3 is 4.74 Å². The smallest absolute Gasteiger partial charge is 0.435 e. The molecule has 0 unspecified atom stereocenters. The molecular formula is C7H2Cl4F3NO2S. The summed E-state index contributed by atoms with van der Waals surface area (Å²) < 4.78 is 39.6. The lowest BCUT2D eigenvalue weighted by Crippen LogP contribution is -2.19. The van der Waals surface area contributed by atoms with Crippen LogP contribution in [0.1, 0.15) is 15.4 Å². The van der Waals surface area contributed by atoms with Crippen molar-refractivity contribution in [1.82, 2.24) is 4.98 Å². The molecule has 18 heavy (non-hydrogen) atoms. The molecule has 0 saturated carbocycles.